The predicted molar refractivity (Wildman–Crippen MR) is 69.3 cm³/mol. The maximum Gasteiger partial charge on any atom is 0.261 e. The molecule has 0 atom stereocenters. The van der Waals surface area contributed by atoms with Crippen molar-refractivity contribution in [2.75, 3.05) is 0 Å². The lowest BCUT2D eigenvalue weighted by Gasteiger charge is -2.08. The number of halogens is 1. The van der Waals surface area contributed by atoms with Crippen LogP contribution in [0.5, 0.6) is 0 Å². The number of aromatic amines is 1. The van der Waals surface area contributed by atoms with Gasteiger partial charge in [0.05, 0.1) is 11.8 Å². The zero-order valence-corrected chi connectivity index (χ0v) is 10.0. The average Bonchev–Trinajstić information content (AvgIpc) is 2.35. The van der Waals surface area contributed by atoms with Crippen molar-refractivity contribution >= 4 is 21.7 Å². The quantitative estimate of drug-likeness (QED) is 0.616. The molecule has 3 nitrogen and oxygen atoms in total. The molecule has 1 N–H and O–H groups in total. The number of hydrogen-bond donors (Lipinski definition) is 1. The van der Waals surface area contributed by atoms with Crippen LogP contribution in [0.25, 0.3) is 21.7 Å². The zero-order valence-electron chi connectivity index (χ0n) is 10.0. The highest BCUT2D eigenvalue weighted by atomic mass is 19.1. The maximum atomic E-state index is 14.4. The van der Waals surface area contributed by atoms with Crippen LogP contribution in [-0.2, 0) is 0 Å². The summed E-state index contributed by atoms with van der Waals surface area (Å²) in [5.41, 5.74) is 1.77. The molecular weight excluding hydrogens is 231 g/mol. The fourth-order valence-electron chi connectivity index (χ4n) is 2.32. The average molecular weight is 242 g/mol. The number of rotatable bonds is 0. The highest BCUT2D eigenvalue weighted by Gasteiger charge is 2.14. The Balaban J connectivity index is 2.70. The van der Waals surface area contributed by atoms with E-state index in [2.05, 4.69) is 9.97 Å². The third kappa shape index (κ3) is 1.35. The Kier molecular flexibility index (Phi) is 2.20. The van der Waals surface area contributed by atoms with Gasteiger partial charge in [0.2, 0.25) is 0 Å². The van der Waals surface area contributed by atoms with E-state index in [1.165, 1.54) is 6.33 Å². The first-order valence-electron chi connectivity index (χ1n) is 5.65. The summed E-state index contributed by atoms with van der Waals surface area (Å²) >= 11 is 0. The molecule has 1 heterocycles. The molecule has 0 aliphatic rings. The van der Waals surface area contributed by atoms with Gasteiger partial charge in [-0.05, 0) is 30.9 Å². The Morgan fingerprint density at radius 1 is 1.22 bits per heavy atom. The van der Waals surface area contributed by atoms with E-state index in [-0.39, 0.29) is 5.39 Å². The van der Waals surface area contributed by atoms with E-state index >= 15 is 0 Å². The van der Waals surface area contributed by atoms with E-state index in [1.54, 1.807) is 6.07 Å². The molecular formula is C14H11FN2O. The molecule has 0 bridgehead atoms. The highest BCUT2D eigenvalue weighted by molar-refractivity contribution is 6.00. The molecule has 2 aromatic carbocycles. The Morgan fingerprint density at radius 3 is 2.78 bits per heavy atom. The lowest BCUT2D eigenvalue weighted by atomic mass is 9.99. The first-order chi connectivity index (χ1) is 8.59. The minimum absolute atomic E-state index is 0.0353. The fraction of sp³-hybridized carbons (Fsp3) is 0.143. The topological polar surface area (TPSA) is 45.8 Å². The molecule has 18 heavy (non-hydrogen) atoms. The standard InChI is InChI=1S/C14H11FN2O/c1-7-3-4-9-8(2)13-11(12(15)10(9)5-7)14(18)17-6-16-13/h3-6H,1-2H3,(H,16,17,18). The molecule has 0 radical (unpaired) electrons. The molecule has 0 aliphatic carbocycles. The van der Waals surface area contributed by atoms with Crippen LogP contribution >= 0.6 is 0 Å². The predicted octanol–water partition coefficient (Wildman–Crippen LogP) is 2.83. The number of aryl methyl sites for hydroxylation is 2. The van der Waals surface area contributed by atoms with Crippen LogP contribution in [0.3, 0.4) is 0 Å². The van der Waals surface area contributed by atoms with Crippen LogP contribution in [0.4, 0.5) is 4.39 Å². The molecule has 90 valence electrons. The van der Waals surface area contributed by atoms with E-state index in [1.807, 2.05) is 26.0 Å². The number of H-pyrrole nitrogens is 1. The second-order valence-corrected chi connectivity index (χ2v) is 4.44. The Bertz CT molecular complexity index is 836. The summed E-state index contributed by atoms with van der Waals surface area (Å²) in [6.45, 7) is 3.75. The van der Waals surface area contributed by atoms with Crippen LogP contribution < -0.4 is 5.56 Å². The van der Waals surface area contributed by atoms with Crippen molar-refractivity contribution in [2.45, 2.75) is 13.8 Å². The lowest BCUT2D eigenvalue weighted by molar-refractivity contribution is 0.649. The van der Waals surface area contributed by atoms with Gasteiger partial charge in [0.25, 0.3) is 5.56 Å². The number of nitrogens with zero attached hydrogens (tertiary/aromatic N) is 1. The molecule has 0 saturated carbocycles. The van der Waals surface area contributed by atoms with E-state index in [9.17, 15) is 9.18 Å². The molecule has 0 saturated heterocycles. The first-order valence-corrected chi connectivity index (χ1v) is 5.65. The minimum atomic E-state index is -0.497. The number of hydrogen-bond acceptors (Lipinski definition) is 2. The van der Waals surface area contributed by atoms with Gasteiger partial charge < -0.3 is 4.98 Å². The molecule has 0 aliphatic heterocycles. The molecule has 0 amide bonds. The Labute approximate surface area is 102 Å². The van der Waals surface area contributed by atoms with Gasteiger partial charge in [-0.25, -0.2) is 9.37 Å². The molecule has 4 heteroatoms. The van der Waals surface area contributed by atoms with Crippen molar-refractivity contribution in [3.8, 4) is 0 Å². The summed E-state index contributed by atoms with van der Waals surface area (Å²) in [5.74, 6) is -0.497. The SMILES string of the molecule is Cc1ccc2c(C)c3nc[nH]c(=O)c3c(F)c2c1. The van der Waals surface area contributed by atoms with Crippen LogP contribution in [0.15, 0.2) is 29.3 Å². The summed E-state index contributed by atoms with van der Waals surface area (Å²) in [4.78, 5) is 18.2. The van der Waals surface area contributed by atoms with Gasteiger partial charge in [-0.15, -0.1) is 0 Å². The van der Waals surface area contributed by atoms with E-state index in [0.29, 0.717) is 10.9 Å². The monoisotopic (exact) mass is 242 g/mol. The summed E-state index contributed by atoms with van der Waals surface area (Å²) in [6.07, 6.45) is 1.30. The van der Waals surface area contributed by atoms with Crippen LogP contribution in [0.1, 0.15) is 11.1 Å². The van der Waals surface area contributed by atoms with Crippen LogP contribution in [0.2, 0.25) is 0 Å². The van der Waals surface area contributed by atoms with E-state index in [4.69, 9.17) is 0 Å². The lowest BCUT2D eigenvalue weighted by Crippen LogP contribution is -2.09. The number of nitrogens with one attached hydrogen (secondary N) is 1. The normalized spacial score (nSPS) is 11.3. The molecule has 3 aromatic rings. The number of fused-ring (bicyclic) bond motifs is 2. The second-order valence-electron chi connectivity index (χ2n) is 4.44. The van der Waals surface area contributed by atoms with Gasteiger partial charge in [-0.3, -0.25) is 4.79 Å². The Hall–Kier alpha value is -2.23. The van der Waals surface area contributed by atoms with Gasteiger partial charge in [-0.1, -0.05) is 17.7 Å². The van der Waals surface area contributed by atoms with Crippen molar-refractivity contribution in [3.05, 3.63) is 51.8 Å². The molecule has 1 aromatic heterocycles. The number of benzene rings is 2. The van der Waals surface area contributed by atoms with Crippen molar-refractivity contribution in [2.24, 2.45) is 0 Å². The zero-order chi connectivity index (χ0) is 12.9. The molecule has 0 unspecified atom stereocenters. The van der Waals surface area contributed by atoms with Crippen molar-refractivity contribution < 1.29 is 4.39 Å². The van der Waals surface area contributed by atoms with Gasteiger partial charge in [0.15, 0.2) is 0 Å². The van der Waals surface area contributed by atoms with Gasteiger partial charge in [0.1, 0.15) is 11.2 Å². The Morgan fingerprint density at radius 2 is 2.00 bits per heavy atom. The third-order valence-corrected chi connectivity index (χ3v) is 3.24. The van der Waals surface area contributed by atoms with Crippen LogP contribution in [-0.4, -0.2) is 9.97 Å². The van der Waals surface area contributed by atoms with Gasteiger partial charge in [-0.2, -0.15) is 0 Å². The van der Waals surface area contributed by atoms with Gasteiger partial charge in [0, 0.05) is 5.39 Å². The summed E-state index contributed by atoms with van der Waals surface area (Å²) in [5, 5.41) is 1.30. The van der Waals surface area contributed by atoms with Crippen molar-refractivity contribution in [1.29, 1.82) is 0 Å². The maximum absolute atomic E-state index is 14.4. The minimum Gasteiger partial charge on any atom is -0.313 e. The second kappa shape index (κ2) is 3.63. The van der Waals surface area contributed by atoms with E-state index in [0.717, 1.165) is 16.5 Å². The molecule has 3 rings (SSSR count). The highest BCUT2D eigenvalue weighted by Crippen LogP contribution is 2.28. The number of aromatic nitrogens is 2. The largest absolute Gasteiger partial charge is 0.313 e. The fourth-order valence-corrected chi connectivity index (χ4v) is 2.32. The smallest absolute Gasteiger partial charge is 0.261 e. The summed E-state index contributed by atoms with van der Waals surface area (Å²) < 4.78 is 14.4. The van der Waals surface area contributed by atoms with Crippen LogP contribution in [0, 0.1) is 19.7 Å². The van der Waals surface area contributed by atoms with Crippen molar-refractivity contribution in [3.63, 3.8) is 0 Å². The van der Waals surface area contributed by atoms with Crippen molar-refractivity contribution in [1.82, 2.24) is 9.97 Å². The molecule has 0 fully saturated rings. The third-order valence-electron chi connectivity index (χ3n) is 3.24. The van der Waals surface area contributed by atoms with E-state index < -0.39 is 11.4 Å². The molecule has 0 spiro atoms. The summed E-state index contributed by atoms with van der Waals surface area (Å²) in [7, 11) is 0. The summed E-state index contributed by atoms with van der Waals surface area (Å²) in [6, 6.07) is 5.54. The van der Waals surface area contributed by atoms with Gasteiger partial charge >= 0.3 is 0 Å². The first kappa shape index (κ1) is 10.9.